The second-order valence-electron chi connectivity index (χ2n) is 6.87. The molecule has 1 unspecified atom stereocenters. The quantitative estimate of drug-likeness (QED) is 0.360. The number of aromatic carboxylic acids is 1. The normalized spacial score (nSPS) is 16.8. The van der Waals surface area contributed by atoms with Gasteiger partial charge in [0.2, 0.25) is 10.3 Å². The van der Waals surface area contributed by atoms with Crippen molar-refractivity contribution in [3.05, 3.63) is 82.7 Å². The van der Waals surface area contributed by atoms with E-state index in [1.54, 1.807) is 0 Å². The van der Waals surface area contributed by atoms with E-state index in [2.05, 4.69) is 25.6 Å². The van der Waals surface area contributed by atoms with Gasteiger partial charge in [-0.2, -0.15) is 10.2 Å². The number of hydrogen-bond acceptors (Lipinski definition) is 10. The van der Waals surface area contributed by atoms with Crippen molar-refractivity contribution < 1.29 is 15.0 Å². The maximum absolute atomic E-state index is 11.1. The number of aromatic nitrogens is 2. The Kier molecular flexibility index (Phi) is 5.65. The number of aliphatic hydroxyl groups is 1. The van der Waals surface area contributed by atoms with Gasteiger partial charge in [-0.05, 0) is 0 Å². The van der Waals surface area contributed by atoms with Gasteiger partial charge in [0.05, 0.1) is 5.69 Å². The molecule has 3 N–H and O–H groups in total. The lowest BCUT2D eigenvalue weighted by Crippen LogP contribution is -2.34. The lowest BCUT2D eigenvalue weighted by molar-refractivity contribution is 0.0691. The molecule has 1 aliphatic rings. The Morgan fingerprint density at radius 1 is 0.970 bits per heavy atom. The molecule has 4 aromatic rings. The van der Waals surface area contributed by atoms with E-state index in [1.165, 1.54) is 21.7 Å². The van der Waals surface area contributed by atoms with Crippen LogP contribution in [0.5, 0.6) is 0 Å². The topological polar surface area (TPSA) is 123 Å². The molecule has 0 amide bonds. The third kappa shape index (κ3) is 4.24. The summed E-state index contributed by atoms with van der Waals surface area (Å²) in [5.41, 5.74) is 5.93. The predicted octanol–water partition coefficient (Wildman–Crippen LogP) is 3.98. The number of hydrazone groups is 2. The zero-order valence-corrected chi connectivity index (χ0v) is 18.5. The summed E-state index contributed by atoms with van der Waals surface area (Å²) in [7, 11) is 0. The average molecular weight is 477 g/mol. The van der Waals surface area contributed by atoms with Crippen molar-refractivity contribution in [3.8, 4) is 11.3 Å². The summed E-state index contributed by atoms with van der Waals surface area (Å²) in [6, 6.07) is 19.1. The molecule has 0 saturated carbocycles. The highest BCUT2D eigenvalue weighted by Gasteiger charge is 2.35. The molecular weight excluding hydrogens is 460 g/mol. The molecule has 33 heavy (non-hydrogen) atoms. The van der Waals surface area contributed by atoms with Gasteiger partial charge >= 0.3 is 5.97 Å². The standard InChI is InChI=1S/C22H16N6O3S2/c29-19-18(25-26-21-23-16(12-32-21)20(30)31)17(14-9-5-2-6-10-14)27-28(19)22-24-15(11-33-22)13-7-3-1-4-8-13/h1-12,19,29H,(H,23,26)(H,30,31)/b25-18-. The van der Waals surface area contributed by atoms with Gasteiger partial charge in [-0.3, -0.25) is 5.43 Å². The fourth-order valence-corrected chi connectivity index (χ4v) is 4.59. The van der Waals surface area contributed by atoms with Crippen molar-refractivity contribution in [2.45, 2.75) is 6.23 Å². The third-order valence-corrected chi connectivity index (χ3v) is 6.30. The van der Waals surface area contributed by atoms with Gasteiger partial charge in [0.25, 0.3) is 0 Å². The number of rotatable bonds is 6. The molecular formula is C22H16N6O3S2. The van der Waals surface area contributed by atoms with Crippen LogP contribution in [0.3, 0.4) is 0 Å². The molecule has 0 spiro atoms. The fourth-order valence-electron chi connectivity index (χ4n) is 3.15. The van der Waals surface area contributed by atoms with Crippen molar-refractivity contribution in [1.29, 1.82) is 0 Å². The van der Waals surface area contributed by atoms with Crippen LogP contribution in [0.1, 0.15) is 16.1 Å². The van der Waals surface area contributed by atoms with Crippen molar-refractivity contribution in [2.24, 2.45) is 10.2 Å². The fraction of sp³-hybridized carbons (Fsp3) is 0.0455. The van der Waals surface area contributed by atoms with Gasteiger partial charge in [-0.1, -0.05) is 60.7 Å². The van der Waals surface area contributed by atoms with Gasteiger partial charge in [-0.25, -0.2) is 19.8 Å². The Morgan fingerprint density at radius 3 is 2.33 bits per heavy atom. The van der Waals surface area contributed by atoms with Crippen LogP contribution >= 0.6 is 22.7 Å². The molecule has 11 heteroatoms. The zero-order valence-electron chi connectivity index (χ0n) is 16.9. The highest BCUT2D eigenvalue weighted by atomic mass is 32.1. The molecule has 2 aromatic carbocycles. The summed E-state index contributed by atoms with van der Waals surface area (Å²) in [4.78, 5) is 19.7. The molecule has 9 nitrogen and oxygen atoms in total. The number of carboxylic acid groups (broad SMARTS) is 1. The minimum atomic E-state index is -1.19. The molecule has 0 bridgehead atoms. The molecule has 164 valence electrons. The monoisotopic (exact) mass is 476 g/mol. The Hall–Kier alpha value is -3.93. The number of carboxylic acids is 1. The van der Waals surface area contributed by atoms with Gasteiger partial charge in [0.1, 0.15) is 11.4 Å². The first-order valence-corrected chi connectivity index (χ1v) is 11.5. The number of benzene rings is 2. The highest BCUT2D eigenvalue weighted by Crippen LogP contribution is 2.31. The molecule has 2 aromatic heterocycles. The van der Waals surface area contributed by atoms with Crippen molar-refractivity contribution in [3.63, 3.8) is 0 Å². The number of nitrogens with one attached hydrogen (secondary N) is 1. The van der Waals surface area contributed by atoms with E-state index < -0.39 is 12.2 Å². The van der Waals surface area contributed by atoms with E-state index in [4.69, 9.17) is 5.11 Å². The summed E-state index contributed by atoms with van der Waals surface area (Å²) in [5.74, 6) is -1.12. The van der Waals surface area contributed by atoms with Gasteiger partial charge in [0.15, 0.2) is 11.9 Å². The maximum Gasteiger partial charge on any atom is 0.355 e. The largest absolute Gasteiger partial charge is 0.476 e. The molecule has 0 saturated heterocycles. The number of hydrogen-bond donors (Lipinski definition) is 3. The number of carbonyl (C=O) groups is 1. The van der Waals surface area contributed by atoms with E-state index in [1.807, 2.05) is 66.0 Å². The van der Waals surface area contributed by atoms with E-state index in [9.17, 15) is 9.90 Å². The molecule has 1 aliphatic heterocycles. The second-order valence-corrected chi connectivity index (χ2v) is 8.56. The first-order valence-electron chi connectivity index (χ1n) is 9.75. The van der Waals surface area contributed by atoms with Crippen LogP contribution in [0.25, 0.3) is 11.3 Å². The average Bonchev–Trinajstić information content (AvgIpc) is 3.58. The molecule has 0 radical (unpaired) electrons. The molecule has 0 fully saturated rings. The van der Waals surface area contributed by atoms with Crippen LogP contribution in [0.15, 0.2) is 81.6 Å². The Labute approximate surface area is 196 Å². The van der Waals surface area contributed by atoms with Crippen molar-refractivity contribution in [1.82, 2.24) is 9.97 Å². The summed E-state index contributed by atoms with van der Waals surface area (Å²) in [6.07, 6.45) is -1.19. The van der Waals surface area contributed by atoms with Gasteiger partial charge in [0, 0.05) is 21.9 Å². The predicted molar refractivity (Wildman–Crippen MR) is 129 cm³/mol. The third-order valence-electron chi connectivity index (χ3n) is 4.73. The smallest absolute Gasteiger partial charge is 0.355 e. The Balaban J connectivity index is 1.48. The van der Waals surface area contributed by atoms with Crippen LogP contribution in [0, 0.1) is 0 Å². The van der Waals surface area contributed by atoms with Crippen molar-refractivity contribution in [2.75, 3.05) is 10.4 Å². The van der Waals surface area contributed by atoms with E-state index in [0.717, 1.165) is 28.2 Å². The summed E-state index contributed by atoms with van der Waals surface area (Å²) < 4.78 is 0. The minimum Gasteiger partial charge on any atom is -0.476 e. The minimum absolute atomic E-state index is 0.0792. The first-order chi connectivity index (χ1) is 16.1. The molecule has 5 rings (SSSR count). The maximum atomic E-state index is 11.1. The Bertz CT molecular complexity index is 1350. The van der Waals surface area contributed by atoms with Crippen LogP contribution < -0.4 is 10.4 Å². The SMILES string of the molecule is O=C(O)c1csc(N/N=C2/C(c3ccccc3)=NN(c3nc(-c4ccccc4)cs3)C2O)n1. The Morgan fingerprint density at radius 2 is 1.67 bits per heavy atom. The second kappa shape index (κ2) is 8.90. The lowest BCUT2D eigenvalue weighted by atomic mass is 10.1. The molecule has 1 atom stereocenters. The molecule has 3 heterocycles. The summed E-state index contributed by atoms with van der Waals surface area (Å²) in [6.45, 7) is 0. The lowest BCUT2D eigenvalue weighted by Gasteiger charge is -2.15. The van der Waals surface area contributed by atoms with Crippen LogP contribution in [0.4, 0.5) is 10.3 Å². The number of anilines is 2. The molecule has 0 aliphatic carbocycles. The van der Waals surface area contributed by atoms with Gasteiger partial charge < -0.3 is 10.2 Å². The zero-order chi connectivity index (χ0) is 22.8. The van der Waals surface area contributed by atoms with Gasteiger partial charge in [-0.15, -0.1) is 22.7 Å². The highest BCUT2D eigenvalue weighted by molar-refractivity contribution is 7.14. The summed E-state index contributed by atoms with van der Waals surface area (Å²) in [5, 5.41) is 34.6. The van der Waals surface area contributed by atoms with Crippen LogP contribution in [-0.4, -0.2) is 43.8 Å². The first kappa shape index (κ1) is 20.9. The summed E-state index contributed by atoms with van der Waals surface area (Å²) >= 11 is 2.46. The number of thiazole rings is 2. The van der Waals surface area contributed by atoms with E-state index >= 15 is 0 Å². The van der Waals surface area contributed by atoms with Crippen molar-refractivity contribution >= 4 is 50.3 Å². The van der Waals surface area contributed by atoms with E-state index in [-0.39, 0.29) is 11.4 Å². The van der Waals surface area contributed by atoms with E-state index in [0.29, 0.717) is 16.0 Å². The number of aliphatic hydroxyl groups excluding tert-OH is 1. The number of nitrogens with zero attached hydrogens (tertiary/aromatic N) is 5. The van der Waals surface area contributed by atoms with Crippen LogP contribution in [-0.2, 0) is 0 Å². The van der Waals surface area contributed by atoms with Crippen LogP contribution in [0.2, 0.25) is 0 Å².